The summed E-state index contributed by atoms with van der Waals surface area (Å²) in [6, 6.07) is 0. The van der Waals surface area contributed by atoms with Crippen molar-refractivity contribution in [2.75, 3.05) is 6.61 Å². The summed E-state index contributed by atoms with van der Waals surface area (Å²) in [6.07, 6.45) is -1.89. The van der Waals surface area contributed by atoms with Crippen LogP contribution >= 0.6 is 7.82 Å². The SMILES string of the molecule is CC(C)[O][Ti]([OH])([OH])[OH].Cc1cn([C@H]2C[C@H](O)[C@@H](COP(=O)(O)O)O2)c(=O)[nH]c1=O. The molecule has 14 nitrogen and oxygen atoms in total. The first-order chi connectivity index (χ1) is 13.1. The van der Waals surface area contributed by atoms with Crippen LogP contribution in [0.2, 0.25) is 0 Å². The molecule has 1 saturated heterocycles. The number of hydrogen-bond acceptors (Lipinski definition) is 10. The maximum absolute atomic E-state index is 11.7. The molecule has 16 heteroatoms. The number of ether oxygens (including phenoxy) is 1. The van der Waals surface area contributed by atoms with Gasteiger partial charge in [0.15, 0.2) is 0 Å². The van der Waals surface area contributed by atoms with Crippen molar-refractivity contribution < 1.29 is 61.2 Å². The number of phosphoric ester groups is 1. The average Bonchev–Trinajstić information content (AvgIpc) is 2.87. The van der Waals surface area contributed by atoms with Crippen LogP contribution < -0.4 is 11.2 Å². The van der Waals surface area contributed by atoms with Crippen molar-refractivity contribution in [2.24, 2.45) is 0 Å². The first kappa shape index (κ1) is 26.3. The van der Waals surface area contributed by atoms with Crippen molar-refractivity contribution in [2.45, 2.75) is 51.7 Å². The molecule has 1 fully saturated rings. The molecule has 3 atom stereocenters. The van der Waals surface area contributed by atoms with Crippen LogP contribution in [0, 0.1) is 6.92 Å². The fourth-order valence-corrected chi connectivity index (χ4v) is 3.65. The summed E-state index contributed by atoms with van der Waals surface area (Å²) in [5, 5.41) is 9.79. The molecule has 1 aromatic rings. The molecule has 1 aromatic heterocycles. The van der Waals surface area contributed by atoms with Gasteiger partial charge in [-0.25, -0.2) is 9.36 Å². The van der Waals surface area contributed by atoms with Gasteiger partial charge < -0.3 is 19.6 Å². The molecule has 0 bridgehead atoms. The smallest absolute Gasteiger partial charge is 0.390 e. The minimum atomic E-state index is -4.67. The van der Waals surface area contributed by atoms with E-state index in [9.17, 15) is 19.3 Å². The fraction of sp³-hybridized carbons (Fsp3) is 0.692. The molecule has 2 heterocycles. The Morgan fingerprint density at radius 2 is 1.93 bits per heavy atom. The van der Waals surface area contributed by atoms with Gasteiger partial charge in [0.05, 0.1) is 12.7 Å². The van der Waals surface area contributed by atoms with Gasteiger partial charge in [0.25, 0.3) is 5.56 Å². The second-order valence-corrected chi connectivity index (χ2v) is 9.84. The van der Waals surface area contributed by atoms with Crippen LogP contribution in [-0.4, -0.2) is 60.4 Å². The molecule has 0 saturated carbocycles. The van der Waals surface area contributed by atoms with Crippen LogP contribution in [-0.2, 0) is 35.3 Å². The summed E-state index contributed by atoms with van der Waals surface area (Å²) in [6.45, 7) is 4.22. The number of phosphoric acid groups is 1. The number of H-pyrrole nitrogens is 1. The van der Waals surface area contributed by atoms with Crippen molar-refractivity contribution in [1.29, 1.82) is 0 Å². The third-order valence-electron chi connectivity index (χ3n) is 3.46. The Morgan fingerprint density at radius 3 is 2.38 bits per heavy atom. The zero-order valence-corrected chi connectivity index (χ0v) is 18.3. The maximum atomic E-state index is 11.7. The summed E-state index contributed by atoms with van der Waals surface area (Å²) < 4.78 is 50.4. The van der Waals surface area contributed by atoms with Gasteiger partial charge in [0.1, 0.15) is 12.3 Å². The van der Waals surface area contributed by atoms with Crippen LogP contribution in [0.4, 0.5) is 0 Å². The van der Waals surface area contributed by atoms with Crippen LogP contribution in [0.5, 0.6) is 0 Å². The van der Waals surface area contributed by atoms with Crippen molar-refractivity contribution in [3.05, 3.63) is 32.6 Å². The number of aliphatic hydroxyl groups excluding tert-OH is 1. The van der Waals surface area contributed by atoms with Crippen molar-refractivity contribution in [3.63, 3.8) is 0 Å². The quantitative estimate of drug-likeness (QED) is 0.170. The summed E-state index contributed by atoms with van der Waals surface area (Å²) >= 11 is -4.66. The number of nitrogens with one attached hydrogen (secondary N) is 1. The molecule has 1 aliphatic heterocycles. The number of aromatic amines is 1. The number of hydrogen-bond donors (Lipinski definition) is 7. The second-order valence-electron chi connectivity index (χ2n) is 6.44. The Bertz CT molecular complexity index is 828. The summed E-state index contributed by atoms with van der Waals surface area (Å²) in [7, 11) is -4.67. The molecule has 29 heavy (non-hydrogen) atoms. The van der Waals surface area contributed by atoms with Crippen molar-refractivity contribution in [1.82, 2.24) is 9.55 Å². The number of aliphatic hydroxyl groups is 1. The second kappa shape index (κ2) is 10.5. The van der Waals surface area contributed by atoms with Crippen molar-refractivity contribution in [3.8, 4) is 0 Å². The van der Waals surface area contributed by atoms with E-state index in [4.69, 9.17) is 25.6 Å². The largest absolute Gasteiger partial charge is 0.469 e. The Morgan fingerprint density at radius 1 is 1.34 bits per heavy atom. The Balaban J connectivity index is 0.000000447. The molecule has 0 amide bonds. The average molecular weight is 480 g/mol. The minimum Gasteiger partial charge on any atom is -0.390 e. The predicted molar refractivity (Wildman–Crippen MR) is 91.5 cm³/mol. The molecular weight excluding hydrogens is 455 g/mol. The predicted octanol–water partition coefficient (Wildman–Crippen LogP) is -2.20. The molecule has 0 aliphatic carbocycles. The first-order valence-electron chi connectivity index (χ1n) is 8.29. The molecule has 168 valence electrons. The number of aryl methyl sites for hydroxylation is 1. The first-order valence-corrected chi connectivity index (χ1v) is 12.6. The van der Waals surface area contributed by atoms with E-state index in [1.807, 2.05) is 0 Å². The van der Waals surface area contributed by atoms with Gasteiger partial charge in [-0.2, -0.15) is 0 Å². The van der Waals surface area contributed by atoms with E-state index in [0.29, 0.717) is 5.56 Å². The Labute approximate surface area is 169 Å². The van der Waals surface area contributed by atoms with Gasteiger partial charge in [0, 0.05) is 18.2 Å². The van der Waals surface area contributed by atoms with Gasteiger partial charge in [-0.3, -0.25) is 18.9 Å². The summed E-state index contributed by atoms with van der Waals surface area (Å²) in [5.41, 5.74) is -0.918. The number of aromatic nitrogens is 2. The molecule has 7 N–H and O–H groups in total. The van der Waals surface area contributed by atoms with Gasteiger partial charge in [-0.1, -0.05) is 0 Å². The topological polar surface area (TPSA) is 221 Å². The van der Waals surface area contributed by atoms with Crippen LogP contribution in [0.25, 0.3) is 0 Å². The molecule has 0 unspecified atom stereocenters. The number of nitrogens with zero attached hydrogens (tertiary/aromatic N) is 1. The van der Waals surface area contributed by atoms with E-state index in [1.165, 1.54) is 13.1 Å². The fourth-order valence-electron chi connectivity index (χ4n) is 2.32. The standard InChI is InChI=1S/C10H15N2O8P.C3H7O.3H2O.Ti/c1-5-3-12(10(15)11-9(5)14)8-2-6(13)7(20-8)4-19-21(16,17)18;1-3(2)4;;;;/h3,6-8,13H,2,4H2,1H3,(H,11,14,15)(H2,16,17,18);3H,1-2H3;3*1H2;/q;-1;;;;+4/p-3/t6-,7+,8+;;;;;/m0...../s1. The van der Waals surface area contributed by atoms with E-state index >= 15 is 0 Å². The summed E-state index contributed by atoms with van der Waals surface area (Å²) in [4.78, 5) is 42.3. The zero-order valence-electron chi connectivity index (χ0n) is 15.8. The van der Waals surface area contributed by atoms with Crippen LogP contribution in [0.3, 0.4) is 0 Å². The monoisotopic (exact) mass is 480 g/mol. The van der Waals surface area contributed by atoms with E-state index in [2.05, 4.69) is 12.8 Å². The molecule has 0 aromatic carbocycles. The van der Waals surface area contributed by atoms with E-state index in [1.54, 1.807) is 13.8 Å². The molecule has 2 rings (SSSR count). The number of rotatable bonds is 6. The van der Waals surface area contributed by atoms with E-state index in [-0.39, 0.29) is 12.5 Å². The van der Waals surface area contributed by atoms with Crippen LogP contribution in [0.1, 0.15) is 32.1 Å². The van der Waals surface area contributed by atoms with Gasteiger partial charge >= 0.3 is 66.0 Å². The Kier molecular flexibility index (Phi) is 9.55. The van der Waals surface area contributed by atoms with E-state index < -0.39 is 62.3 Å². The van der Waals surface area contributed by atoms with Gasteiger partial charge in [0.2, 0.25) is 0 Å². The summed E-state index contributed by atoms with van der Waals surface area (Å²) in [5.74, 6) is 0. The van der Waals surface area contributed by atoms with Crippen molar-refractivity contribution >= 4 is 7.82 Å². The van der Waals surface area contributed by atoms with Gasteiger partial charge in [-0.05, 0) is 6.92 Å². The third-order valence-corrected chi connectivity index (χ3v) is 5.18. The third kappa shape index (κ3) is 9.74. The maximum Gasteiger partial charge on any atom is 0.469 e. The molecular formula is C13H25N2O12PTi. The molecule has 1 aliphatic rings. The Hall–Kier alpha value is -0.736. The van der Waals surface area contributed by atoms with Gasteiger partial charge in [-0.15, -0.1) is 0 Å². The minimum absolute atomic E-state index is 0.0283. The van der Waals surface area contributed by atoms with E-state index in [0.717, 1.165) is 4.57 Å². The zero-order chi connectivity index (χ0) is 22.6. The normalized spacial score (nSPS) is 22.5. The van der Waals surface area contributed by atoms with Crippen LogP contribution in [0.15, 0.2) is 15.8 Å². The molecule has 0 radical (unpaired) electrons. The molecule has 0 spiro atoms.